The van der Waals surface area contributed by atoms with Crippen LogP contribution in [0.5, 0.6) is 23.0 Å². The molecule has 4 aromatic rings. The average Bonchev–Trinajstić information content (AvgIpc) is 3.66. The molecule has 0 saturated heterocycles. The van der Waals surface area contributed by atoms with Gasteiger partial charge in [-0.05, 0) is 170 Å². The van der Waals surface area contributed by atoms with Gasteiger partial charge in [-0.25, -0.2) is 4.79 Å². The number of carbonyl (C=O) groups is 9. The van der Waals surface area contributed by atoms with Gasteiger partial charge in [-0.2, -0.15) is 0 Å². The Labute approximate surface area is 486 Å². The maximum atomic E-state index is 14.2. The number of benzene rings is 4. The van der Waals surface area contributed by atoms with E-state index in [1.54, 1.807) is 6.07 Å². The first-order valence-corrected chi connectivity index (χ1v) is 27.4. The van der Waals surface area contributed by atoms with Crippen molar-refractivity contribution in [1.29, 1.82) is 0 Å². The number of anilines is 4. The number of amides is 8. The summed E-state index contributed by atoms with van der Waals surface area (Å²) in [5, 5.41) is 28.2. The molecule has 4 atom stereocenters. The van der Waals surface area contributed by atoms with Crippen LogP contribution in [0, 0.1) is 0 Å². The Kier molecular flexibility index (Phi) is 28.3. The number of unbranched alkanes of at least 4 members (excludes halogenated alkanes) is 4. The number of ether oxygens (including phenoxy) is 4. The van der Waals surface area contributed by atoms with Crippen LogP contribution in [0.4, 0.5) is 22.7 Å². The van der Waals surface area contributed by atoms with Crippen molar-refractivity contribution in [2.45, 2.75) is 101 Å². The highest BCUT2D eigenvalue weighted by Crippen LogP contribution is 2.28. The zero-order chi connectivity index (χ0) is 61.7. The fourth-order valence-electron chi connectivity index (χ4n) is 8.51. The number of primary amides is 1. The maximum absolute atomic E-state index is 14.2. The maximum Gasteiger partial charge on any atom is 0.341 e. The van der Waals surface area contributed by atoms with Crippen molar-refractivity contribution in [1.82, 2.24) is 16.0 Å². The molecule has 8 amide bonds. The highest BCUT2D eigenvalue weighted by atomic mass is 16.5. The molecule has 27 heteroatoms. The second-order valence-electron chi connectivity index (χ2n) is 19.3. The van der Waals surface area contributed by atoms with Crippen molar-refractivity contribution in [3.8, 4) is 23.0 Å². The lowest BCUT2D eigenvalue weighted by atomic mass is 10.1. The zero-order valence-corrected chi connectivity index (χ0v) is 47.5. The van der Waals surface area contributed by atoms with E-state index in [1.807, 2.05) is 0 Å². The number of nitrogens with one attached hydrogen (secondary N) is 7. The van der Waals surface area contributed by atoms with Crippen LogP contribution in [0.15, 0.2) is 72.8 Å². The number of nitrogens with two attached hydrogens (primary N) is 6. The summed E-state index contributed by atoms with van der Waals surface area (Å²) in [6.07, 6.45) is 4.99. The molecule has 0 heterocycles. The molecule has 27 nitrogen and oxygen atoms in total. The van der Waals surface area contributed by atoms with Crippen molar-refractivity contribution < 1.29 is 67.2 Å². The third kappa shape index (κ3) is 21.1. The van der Waals surface area contributed by atoms with Gasteiger partial charge in [0.2, 0.25) is 23.6 Å². The lowest BCUT2D eigenvalue weighted by molar-refractivity contribution is -0.139. The van der Waals surface area contributed by atoms with Crippen LogP contribution in [0.25, 0.3) is 0 Å². The Balaban J connectivity index is 1.55. The Morgan fingerprint density at radius 1 is 0.429 bits per heavy atom. The monoisotopic (exact) mass is 1170 g/mol. The van der Waals surface area contributed by atoms with E-state index in [4.69, 9.17) is 58.5 Å². The van der Waals surface area contributed by atoms with Crippen LogP contribution in [0.2, 0.25) is 0 Å². The van der Waals surface area contributed by atoms with E-state index < -0.39 is 84.0 Å². The molecule has 0 fully saturated rings. The van der Waals surface area contributed by atoms with Crippen molar-refractivity contribution in [2.75, 3.05) is 75.4 Å². The van der Waals surface area contributed by atoms with E-state index in [2.05, 4.69) is 37.2 Å². The normalized spacial score (nSPS) is 12.2. The van der Waals surface area contributed by atoms with Gasteiger partial charge in [-0.3, -0.25) is 38.4 Å². The van der Waals surface area contributed by atoms with Gasteiger partial charge in [-0.15, -0.1) is 0 Å². The zero-order valence-electron chi connectivity index (χ0n) is 47.5. The Bertz CT molecular complexity index is 2930. The molecule has 0 spiro atoms. The van der Waals surface area contributed by atoms with E-state index in [0.29, 0.717) is 84.0 Å². The van der Waals surface area contributed by atoms with E-state index in [1.165, 1.54) is 88.1 Å². The number of hydrogen-bond donors (Lipinski definition) is 14. The summed E-state index contributed by atoms with van der Waals surface area (Å²) < 4.78 is 21.6. The molecule has 0 radical (unpaired) electrons. The van der Waals surface area contributed by atoms with E-state index in [-0.39, 0.29) is 87.3 Å². The SMILES string of the molecule is COc1ccc(NC(=O)[C@H](CCCCN)NC(=O)c2cc(NC(=O)[C@H](CCCCN)NC(=O)c3cc(NC(=O)[C@@H](N)CCCCN)ccc3OC)ccc2OC)cc1C(=O)N[C@@H](CCCCN)C(=O)Nc1ccc(OCC(=O)O)c(C(N)=O)c1. The van der Waals surface area contributed by atoms with Crippen molar-refractivity contribution in [3.05, 3.63) is 95.1 Å². The van der Waals surface area contributed by atoms with Crippen LogP contribution in [-0.2, 0) is 24.0 Å². The Hall–Kier alpha value is -8.89. The van der Waals surface area contributed by atoms with Gasteiger partial charge in [0.25, 0.3) is 23.6 Å². The first kappa shape index (κ1) is 67.6. The molecule has 456 valence electrons. The number of aliphatic carboxylic acids is 1. The summed E-state index contributed by atoms with van der Waals surface area (Å²) in [6, 6.07) is 12.5. The van der Waals surface area contributed by atoms with E-state index in [0.717, 1.165) is 0 Å². The van der Waals surface area contributed by atoms with Gasteiger partial charge in [0.1, 0.15) is 41.1 Å². The molecule has 4 aromatic carbocycles. The van der Waals surface area contributed by atoms with Crippen molar-refractivity contribution in [3.63, 3.8) is 0 Å². The molecule has 0 aliphatic heterocycles. The summed E-state index contributed by atoms with van der Waals surface area (Å²) in [6.45, 7) is 0.634. The number of carboxylic acid groups (broad SMARTS) is 1. The molecule has 84 heavy (non-hydrogen) atoms. The largest absolute Gasteiger partial charge is 0.496 e. The Morgan fingerprint density at radius 2 is 0.726 bits per heavy atom. The van der Waals surface area contributed by atoms with Gasteiger partial charge < -0.3 is 95.7 Å². The number of hydrogen-bond acceptors (Lipinski definition) is 18. The van der Waals surface area contributed by atoms with E-state index in [9.17, 15) is 43.2 Å². The van der Waals surface area contributed by atoms with Gasteiger partial charge in [0, 0.05) is 22.7 Å². The van der Waals surface area contributed by atoms with Gasteiger partial charge in [-0.1, -0.05) is 6.42 Å². The standard InChI is InChI=1S/C57H79N13O14/c1-81-45-20-16-34(64-54(77)41(62)12-4-8-24-58)29-38(45)51(74)69-43(14-6-10-26-60)56(79)66-36-18-22-47(83-3)40(31-36)53(76)70-44(15-7-11-27-61)57(80)67-35-17-21-46(82-2)39(30-35)52(75)68-42(13-5-9-25-59)55(78)65-33-19-23-48(84-32-49(71)72)37(28-33)50(63)73/h16-23,28-31,41-44H,4-15,24-27,32,58-62H2,1-3H3,(H2,63,73)(H,64,77)(H,65,78)(H,66,79)(H,67,80)(H,68,75)(H,69,74)(H,70,76)(H,71,72)/t41-,42-,43-,44-/m0/s1. The molecule has 0 aromatic heterocycles. The molecule has 0 saturated carbocycles. The Morgan fingerprint density at radius 3 is 1.02 bits per heavy atom. The van der Waals surface area contributed by atoms with Crippen LogP contribution >= 0.6 is 0 Å². The van der Waals surface area contributed by atoms with Crippen LogP contribution < -0.4 is 90.6 Å². The second-order valence-corrected chi connectivity index (χ2v) is 19.3. The first-order chi connectivity index (χ1) is 40.3. The molecule has 0 aliphatic carbocycles. The number of carboxylic acids is 1. The molecular formula is C57H79N13O14. The lowest BCUT2D eigenvalue weighted by Crippen LogP contribution is -2.44. The second kappa shape index (κ2) is 35.2. The molecule has 20 N–H and O–H groups in total. The highest BCUT2D eigenvalue weighted by molar-refractivity contribution is 6.07. The predicted molar refractivity (Wildman–Crippen MR) is 315 cm³/mol. The summed E-state index contributed by atoms with van der Waals surface area (Å²) in [4.78, 5) is 120. The predicted octanol–water partition coefficient (Wildman–Crippen LogP) is 2.27. The van der Waals surface area contributed by atoms with Crippen LogP contribution in [-0.4, -0.2) is 137 Å². The number of methoxy groups -OCH3 is 3. The smallest absolute Gasteiger partial charge is 0.341 e. The molecule has 4 rings (SSSR count). The summed E-state index contributed by atoms with van der Waals surface area (Å²) in [5.74, 6) is -6.73. The molecular weight excluding hydrogens is 1090 g/mol. The van der Waals surface area contributed by atoms with Crippen LogP contribution in [0.1, 0.15) is 118 Å². The van der Waals surface area contributed by atoms with Gasteiger partial charge in [0.05, 0.1) is 49.6 Å². The third-order valence-electron chi connectivity index (χ3n) is 13.0. The first-order valence-electron chi connectivity index (χ1n) is 27.4. The van der Waals surface area contributed by atoms with Crippen molar-refractivity contribution >= 4 is 76.0 Å². The highest BCUT2D eigenvalue weighted by Gasteiger charge is 2.29. The fourth-order valence-corrected chi connectivity index (χ4v) is 8.51. The number of carbonyl (C=O) groups excluding carboxylic acids is 8. The average molecular weight is 1170 g/mol. The molecule has 0 aliphatic rings. The minimum atomic E-state index is -1.29. The van der Waals surface area contributed by atoms with E-state index >= 15 is 0 Å². The fraction of sp³-hybridized carbons (Fsp3) is 0.421. The summed E-state index contributed by atoms with van der Waals surface area (Å²) >= 11 is 0. The van der Waals surface area contributed by atoms with Crippen molar-refractivity contribution in [2.24, 2.45) is 34.4 Å². The topological polar surface area (TPSA) is 451 Å². The summed E-state index contributed by atoms with van der Waals surface area (Å²) in [7, 11) is 4.02. The lowest BCUT2D eigenvalue weighted by Gasteiger charge is -2.22. The van der Waals surface area contributed by atoms with Gasteiger partial charge >= 0.3 is 5.97 Å². The molecule has 0 unspecified atom stereocenters. The minimum Gasteiger partial charge on any atom is -0.496 e. The quantitative estimate of drug-likeness (QED) is 0.0288. The third-order valence-corrected chi connectivity index (χ3v) is 13.0. The van der Waals surface area contributed by atoms with Gasteiger partial charge in [0.15, 0.2) is 6.61 Å². The van der Waals surface area contributed by atoms with Crippen LogP contribution in [0.3, 0.4) is 0 Å². The summed E-state index contributed by atoms with van der Waals surface area (Å²) in [5.41, 5.74) is 34.7. The minimum absolute atomic E-state index is 0.0224. The molecule has 0 bridgehead atoms. The number of rotatable bonds is 37.